The molecule has 0 fully saturated rings. The van der Waals surface area contributed by atoms with Crippen LogP contribution in [0.1, 0.15) is 11.1 Å². The molecule has 0 unspecified atom stereocenters. The quantitative estimate of drug-likeness (QED) is 0.632. The predicted molar refractivity (Wildman–Crippen MR) is 108 cm³/mol. The van der Waals surface area contributed by atoms with E-state index in [0.717, 1.165) is 22.0 Å². The van der Waals surface area contributed by atoms with Crippen LogP contribution in [0, 0.1) is 0 Å². The van der Waals surface area contributed by atoms with E-state index in [9.17, 15) is 9.90 Å². The monoisotopic (exact) mass is 436 g/mol. The molecule has 0 aromatic heterocycles. The third kappa shape index (κ3) is 6.15. The summed E-state index contributed by atoms with van der Waals surface area (Å²) in [7, 11) is 3.14. The van der Waals surface area contributed by atoms with Gasteiger partial charge in [-0.05, 0) is 29.7 Å². The Morgan fingerprint density at radius 1 is 1.11 bits per heavy atom. The second-order valence-electron chi connectivity index (χ2n) is 5.90. The van der Waals surface area contributed by atoms with E-state index in [2.05, 4.69) is 21.2 Å². The number of aliphatic hydroxyl groups is 1. The summed E-state index contributed by atoms with van der Waals surface area (Å²) in [5, 5.41) is 12.2. The van der Waals surface area contributed by atoms with Crippen molar-refractivity contribution in [2.75, 3.05) is 33.9 Å². The van der Waals surface area contributed by atoms with Gasteiger partial charge >= 0.3 is 6.03 Å². The van der Waals surface area contributed by atoms with Crippen molar-refractivity contribution in [1.29, 1.82) is 0 Å². The summed E-state index contributed by atoms with van der Waals surface area (Å²) in [5.41, 5.74) is 2.02. The van der Waals surface area contributed by atoms with Gasteiger partial charge in [0.2, 0.25) is 0 Å². The van der Waals surface area contributed by atoms with Crippen LogP contribution >= 0.6 is 15.9 Å². The Morgan fingerprint density at radius 3 is 2.41 bits per heavy atom. The van der Waals surface area contributed by atoms with Gasteiger partial charge in [0, 0.05) is 24.1 Å². The normalized spacial score (nSPS) is 10.4. The molecule has 7 heteroatoms. The van der Waals surface area contributed by atoms with E-state index in [1.807, 2.05) is 36.4 Å². The van der Waals surface area contributed by atoms with Crippen LogP contribution < -0.4 is 14.8 Å². The van der Waals surface area contributed by atoms with Gasteiger partial charge in [0.15, 0.2) is 11.5 Å². The van der Waals surface area contributed by atoms with E-state index < -0.39 is 0 Å². The molecule has 2 rings (SSSR count). The molecule has 2 aromatic carbocycles. The van der Waals surface area contributed by atoms with E-state index in [0.29, 0.717) is 24.6 Å². The molecule has 0 aliphatic carbocycles. The average Bonchev–Trinajstić information content (AvgIpc) is 2.70. The molecule has 2 amide bonds. The van der Waals surface area contributed by atoms with Gasteiger partial charge < -0.3 is 24.8 Å². The molecule has 0 saturated heterocycles. The minimum atomic E-state index is -0.221. The number of carbonyl (C=O) groups is 1. The van der Waals surface area contributed by atoms with Crippen molar-refractivity contribution < 1.29 is 19.4 Å². The average molecular weight is 437 g/mol. The molecular formula is C20H25BrN2O4. The maximum Gasteiger partial charge on any atom is 0.317 e. The summed E-state index contributed by atoms with van der Waals surface area (Å²) in [4.78, 5) is 14.2. The molecule has 0 atom stereocenters. The molecule has 0 aliphatic heterocycles. The van der Waals surface area contributed by atoms with Crippen LogP contribution in [0.25, 0.3) is 0 Å². The molecule has 0 saturated carbocycles. The topological polar surface area (TPSA) is 71.0 Å². The number of ether oxygens (including phenoxy) is 2. The van der Waals surface area contributed by atoms with Gasteiger partial charge in [0.25, 0.3) is 0 Å². The SMILES string of the molecule is COc1cc(Br)c(CNC(=O)N(CCO)CCc2ccccc2)cc1OC. The number of benzene rings is 2. The molecule has 2 N–H and O–H groups in total. The third-order valence-electron chi connectivity index (χ3n) is 4.15. The fraction of sp³-hybridized carbons (Fsp3) is 0.350. The number of halogens is 1. The van der Waals surface area contributed by atoms with Crippen molar-refractivity contribution in [3.63, 3.8) is 0 Å². The lowest BCUT2D eigenvalue weighted by molar-refractivity contribution is 0.177. The highest BCUT2D eigenvalue weighted by molar-refractivity contribution is 9.10. The Kier molecular flexibility index (Phi) is 8.42. The van der Waals surface area contributed by atoms with Gasteiger partial charge in [-0.25, -0.2) is 4.79 Å². The summed E-state index contributed by atoms with van der Waals surface area (Å²) in [5.74, 6) is 1.21. The minimum Gasteiger partial charge on any atom is -0.493 e. The Labute approximate surface area is 168 Å². The Bertz CT molecular complexity index is 740. The zero-order valence-electron chi connectivity index (χ0n) is 15.6. The number of hydrogen-bond donors (Lipinski definition) is 2. The number of urea groups is 1. The smallest absolute Gasteiger partial charge is 0.317 e. The van der Waals surface area contributed by atoms with Crippen molar-refractivity contribution in [3.8, 4) is 11.5 Å². The highest BCUT2D eigenvalue weighted by Crippen LogP contribution is 2.33. The number of carbonyl (C=O) groups excluding carboxylic acids is 1. The number of hydrogen-bond acceptors (Lipinski definition) is 4. The van der Waals surface area contributed by atoms with Gasteiger partial charge in [-0.3, -0.25) is 0 Å². The third-order valence-corrected chi connectivity index (χ3v) is 4.89. The fourth-order valence-corrected chi connectivity index (χ4v) is 3.12. The minimum absolute atomic E-state index is 0.0811. The summed E-state index contributed by atoms with van der Waals surface area (Å²) < 4.78 is 11.4. The van der Waals surface area contributed by atoms with Crippen LogP contribution in [-0.4, -0.2) is 50.0 Å². The maximum absolute atomic E-state index is 12.5. The molecular weight excluding hydrogens is 412 g/mol. The van der Waals surface area contributed by atoms with Crippen molar-refractivity contribution >= 4 is 22.0 Å². The first-order valence-electron chi connectivity index (χ1n) is 8.67. The molecule has 27 heavy (non-hydrogen) atoms. The first-order valence-corrected chi connectivity index (χ1v) is 9.46. The molecule has 0 heterocycles. The standard InChI is InChI=1S/C20H25BrN2O4/c1-26-18-12-16(17(21)13-19(18)27-2)14-22-20(25)23(10-11-24)9-8-15-6-4-3-5-7-15/h3-7,12-13,24H,8-11,14H2,1-2H3,(H,22,25). The van der Waals surface area contributed by atoms with Crippen molar-refractivity contribution in [3.05, 3.63) is 58.1 Å². The Morgan fingerprint density at radius 2 is 1.78 bits per heavy atom. The first kappa shape index (κ1) is 21.1. The van der Waals surface area contributed by atoms with Crippen molar-refractivity contribution in [2.45, 2.75) is 13.0 Å². The number of rotatable bonds is 9. The lowest BCUT2D eigenvalue weighted by Gasteiger charge is -2.22. The summed E-state index contributed by atoms with van der Waals surface area (Å²) >= 11 is 3.49. The molecule has 2 aromatic rings. The second-order valence-corrected chi connectivity index (χ2v) is 6.76. The van der Waals surface area contributed by atoms with Gasteiger partial charge in [-0.2, -0.15) is 0 Å². The van der Waals surface area contributed by atoms with Gasteiger partial charge in [-0.1, -0.05) is 46.3 Å². The molecule has 146 valence electrons. The zero-order chi connectivity index (χ0) is 19.6. The van der Waals surface area contributed by atoms with Crippen LogP contribution in [0.5, 0.6) is 11.5 Å². The van der Waals surface area contributed by atoms with E-state index >= 15 is 0 Å². The van der Waals surface area contributed by atoms with Crippen LogP contribution in [0.2, 0.25) is 0 Å². The van der Waals surface area contributed by atoms with E-state index in [1.165, 1.54) is 0 Å². The van der Waals surface area contributed by atoms with E-state index in [1.54, 1.807) is 25.2 Å². The number of methoxy groups -OCH3 is 2. The zero-order valence-corrected chi connectivity index (χ0v) is 17.2. The molecule has 0 spiro atoms. The molecule has 0 aliphatic rings. The molecule has 0 radical (unpaired) electrons. The Balaban J connectivity index is 1.99. The summed E-state index contributed by atoms with van der Waals surface area (Å²) in [6.45, 7) is 1.06. The second kappa shape index (κ2) is 10.8. The molecule has 6 nitrogen and oxygen atoms in total. The first-order chi connectivity index (χ1) is 13.1. The number of nitrogens with one attached hydrogen (secondary N) is 1. The highest BCUT2D eigenvalue weighted by Gasteiger charge is 2.15. The number of amides is 2. The van der Waals surface area contributed by atoms with Gasteiger partial charge in [0.1, 0.15) is 0 Å². The summed E-state index contributed by atoms with van der Waals surface area (Å²) in [6.07, 6.45) is 0.730. The van der Waals surface area contributed by atoms with Crippen LogP contribution in [0.3, 0.4) is 0 Å². The van der Waals surface area contributed by atoms with E-state index in [-0.39, 0.29) is 19.2 Å². The largest absolute Gasteiger partial charge is 0.493 e. The lowest BCUT2D eigenvalue weighted by atomic mass is 10.1. The number of nitrogens with zero attached hydrogens (tertiary/aromatic N) is 1. The lowest BCUT2D eigenvalue weighted by Crippen LogP contribution is -2.42. The Hall–Kier alpha value is -2.25. The van der Waals surface area contributed by atoms with Gasteiger partial charge in [-0.15, -0.1) is 0 Å². The maximum atomic E-state index is 12.5. The highest BCUT2D eigenvalue weighted by atomic mass is 79.9. The fourth-order valence-electron chi connectivity index (χ4n) is 2.66. The van der Waals surface area contributed by atoms with Crippen LogP contribution in [0.15, 0.2) is 46.9 Å². The summed E-state index contributed by atoms with van der Waals surface area (Å²) in [6, 6.07) is 13.4. The van der Waals surface area contributed by atoms with Crippen molar-refractivity contribution in [1.82, 2.24) is 10.2 Å². The van der Waals surface area contributed by atoms with E-state index in [4.69, 9.17) is 9.47 Å². The predicted octanol–water partition coefficient (Wildman–Crippen LogP) is 3.21. The number of aliphatic hydroxyl groups excluding tert-OH is 1. The molecule has 0 bridgehead atoms. The van der Waals surface area contributed by atoms with Gasteiger partial charge in [0.05, 0.1) is 20.8 Å². The van der Waals surface area contributed by atoms with Crippen LogP contribution in [-0.2, 0) is 13.0 Å². The van der Waals surface area contributed by atoms with Crippen molar-refractivity contribution in [2.24, 2.45) is 0 Å². The van der Waals surface area contributed by atoms with Crippen LogP contribution in [0.4, 0.5) is 4.79 Å².